The van der Waals surface area contributed by atoms with Crippen LogP contribution in [0.4, 0.5) is 4.39 Å². The molecule has 0 unspecified atom stereocenters. The number of hydrogen-bond acceptors (Lipinski definition) is 2. The number of fused-ring (bicyclic) bond motifs is 1. The van der Waals surface area contributed by atoms with E-state index in [0.717, 1.165) is 22.1 Å². The second-order valence-electron chi connectivity index (χ2n) is 7.70. The maximum absolute atomic E-state index is 14.0. The van der Waals surface area contributed by atoms with E-state index >= 15 is 0 Å². The molecule has 0 spiro atoms. The van der Waals surface area contributed by atoms with E-state index in [1.54, 1.807) is 42.5 Å². The first-order valence-electron chi connectivity index (χ1n) is 10.2. The van der Waals surface area contributed by atoms with Crippen LogP contribution in [-0.4, -0.2) is 12.4 Å². The van der Waals surface area contributed by atoms with Crippen molar-refractivity contribution in [2.75, 3.05) is 0 Å². The topological polar surface area (TPSA) is 39.1 Å². The maximum atomic E-state index is 14.0. The fourth-order valence-electron chi connectivity index (χ4n) is 4.04. The van der Waals surface area contributed by atoms with Crippen LogP contribution in [0.1, 0.15) is 5.56 Å². The number of rotatable bonds is 4. The number of aryl methyl sites for hydroxylation is 1. The Morgan fingerprint density at radius 1 is 0.688 bits per heavy atom. The van der Waals surface area contributed by atoms with Gasteiger partial charge in [-0.2, -0.15) is 0 Å². The van der Waals surface area contributed by atoms with Crippen LogP contribution in [0, 0.1) is 12.7 Å². The second-order valence-corrected chi connectivity index (χ2v) is 9.48. The lowest BCUT2D eigenvalue weighted by atomic mass is 9.98. The molecule has 0 aliphatic heterocycles. The van der Waals surface area contributed by atoms with Crippen molar-refractivity contribution in [1.29, 1.82) is 0 Å². The van der Waals surface area contributed by atoms with E-state index in [1.165, 1.54) is 16.1 Å². The first kappa shape index (κ1) is 20.2. The van der Waals surface area contributed by atoms with Crippen molar-refractivity contribution >= 4 is 20.9 Å². The largest absolute Gasteiger partial charge is 0.268 e. The molecule has 0 aliphatic carbocycles. The van der Waals surface area contributed by atoms with Crippen LogP contribution in [0.15, 0.2) is 108 Å². The lowest BCUT2D eigenvalue weighted by Crippen LogP contribution is -2.14. The highest BCUT2D eigenvalue weighted by Gasteiger charge is 2.28. The van der Waals surface area contributed by atoms with Crippen LogP contribution in [0.3, 0.4) is 0 Å². The summed E-state index contributed by atoms with van der Waals surface area (Å²) in [6.45, 7) is 1.92. The van der Waals surface area contributed by atoms with Crippen LogP contribution in [0.25, 0.3) is 33.3 Å². The maximum Gasteiger partial charge on any atom is 0.268 e. The van der Waals surface area contributed by atoms with E-state index in [4.69, 9.17) is 0 Å². The molecule has 0 atom stereocenters. The molecule has 0 saturated carbocycles. The third kappa shape index (κ3) is 3.31. The van der Waals surface area contributed by atoms with Gasteiger partial charge in [0.05, 0.1) is 16.1 Å². The highest BCUT2D eigenvalue weighted by atomic mass is 32.2. The molecule has 0 radical (unpaired) electrons. The predicted octanol–water partition coefficient (Wildman–Crippen LogP) is 6.66. The second kappa shape index (κ2) is 7.77. The van der Waals surface area contributed by atoms with E-state index in [0.29, 0.717) is 16.8 Å². The minimum Gasteiger partial charge on any atom is -0.233 e. The average molecular weight is 442 g/mol. The summed E-state index contributed by atoms with van der Waals surface area (Å²) < 4.78 is 43.0. The first-order valence-corrected chi connectivity index (χ1v) is 11.7. The molecular formula is C27H20FNO2S. The van der Waals surface area contributed by atoms with Gasteiger partial charge in [0.1, 0.15) is 5.82 Å². The van der Waals surface area contributed by atoms with Gasteiger partial charge in [0.2, 0.25) is 0 Å². The van der Waals surface area contributed by atoms with Gasteiger partial charge in [-0.3, -0.25) is 0 Å². The molecule has 1 heterocycles. The van der Waals surface area contributed by atoms with Crippen LogP contribution in [-0.2, 0) is 10.0 Å². The van der Waals surface area contributed by atoms with Gasteiger partial charge in [0.15, 0.2) is 0 Å². The van der Waals surface area contributed by atoms with Gasteiger partial charge in [-0.05, 0) is 55.0 Å². The molecule has 0 N–H and O–H groups in total. The molecule has 0 aliphatic rings. The zero-order chi connectivity index (χ0) is 22.3. The third-order valence-corrected chi connectivity index (χ3v) is 7.30. The number of halogens is 1. The van der Waals surface area contributed by atoms with E-state index in [-0.39, 0.29) is 10.7 Å². The molecular weight excluding hydrogens is 421 g/mol. The van der Waals surface area contributed by atoms with Crippen molar-refractivity contribution in [2.45, 2.75) is 11.8 Å². The van der Waals surface area contributed by atoms with Gasteiger partial charge in [0.25, 0.3) is 10.0 Å². The minimum absolute atomic E-state index is 0.201. The number of hydrogen-bond donors (Lipinski definition) is 0. The van der Waals surface area contributed by atoms with Crippen molar-refractivity contribution in [3.8, 4) is 22.4 Å². The van der Waals surface area contributed by atoms with Crippen molar-refractivity contribution in [2.24, 2.45) is 0 Å². The highest BCUT2D eigenvalue weighted by Crippen LogP contribution is 2.42. The Morgan fingerprint density at radius 3 is 2.00 bits per heavy atom. The van der Waals surface area contributed by atoms with E-state index in [1.807, 2.05) is 55.5 Å². The summed E-state index contributed by atoms with van der Waals surface area (Å²) in [5.41, 5.74) is 4.37. The van der Waals surface area contributed by atoms with Crippen LogP contribution in [0.5, 0.6) is 0 Å². The molecule has 5 aromatic rings. The monoisotopic (exact) mass is 441 g/mol. The molecule has 5 rings (SSSR count). The van der Waals surface area contributed by atoms with Gasteiger partial charge < -0.3 is 0 Å². The minimum atomic E-state index is -3.94. The number of para-hydroxylation sites is 1. The highest BCUT2D eigenvalue weighted by molar-refractivity contribution is 7.90. The van der Waals surface area contributed by atoms with Gasteiger partial charge in [0, 0.05) is 16.5 Å². The zero-order valence-electron chi connectivity index (χ0n) is 17.4. The van der Waals surface area contributed by atoms with Crippen molar-refractivity contribution in [3.63, 3.8) is 0 Å². The van der Waals surface area contributed by atoms with Gasteiger partial charge in [-0.25, -0.2) is 16.8 Å². The smallest absolute Gasteiger partial charge is 0.233 e. The molecule has 32 heavy (non-hydrogen) atoms. The number of nitrogens with zero attached hydrogens (tertiary/aromatic N) is 1. The molecule has 5 heteroatoms. The summed E-state index contributed by atoms with van der Waals surface area (Å²) in [5, 5.41) is 0.814. The fraction of sp³-hybridized carbons (Fsp3) is 0.0370. The van der Waals surface area contributed by atoms with Crippen LogP contribution in [0.2, 0.25) is 0 Å². The Bertz CT molecular complexity index is 1520. The summed E-state index contributed by atoms with van der Waals surface area (Å²) in [6.07, 6.45) is 0. The molecule has 0 fully saturated rings. The molecule has 0 amide bonds. The molecule has 1 aromatic heterocycles. The quantitative estimate of drug-likeness (QED) is 0.313. The molecule has 0 bridgehead atoms. The summed E-state index contributed by atoms with van der Waals surface area (Å²) in [5.74, 6) is -0.376. The SMILES string of the molecule is Cc1ccc(S(=O)(=O)n2c(-c3ccc(F)cc3)c(-c3ccccc3)c3ccccc32)cc1. The van der Waals surface area contributed by atoms with Gasteiger partial charge in [-0.1, -0.05) is 66.2 Å². The first-order chi connectivity index (χ1) is 15.5. The summed E-state index contributed by atoms with van der Waals surface area (Å²) in [7, 11) is -3.94. The van der Waals surface area contributed by atoms with E-state index in [9.17, 15) is 12.8 Å². The predicted molar refractivity (Wildman–Crippen MR) is 127 cm³/mol. The summed E-state index contributed by atoms with van der Waals surface area (Å²) in [4.78, 5) is 0.201. The summed E-state index contributed by atoms with van der Waals surface area (Å²) in [6, 6.07) is 29.9. The van der Waals surface area contributed by atoms with Crippen LogP contribution < -0.4 is 0 Å². The Morgan fingerprint density at radius 2 is 1.31 bits per heavy atom. The van der Waals surface area contributed by atoms with Crippen molar-refractivity contribution in [1.82, 2.24) is 3.97 Å². The standard InChI is InChI=1S/C27H20FNO2S/c1-19-11-17-23(18-12-19)32(30,31)29-25-10-6-5-9-24(25)26(20-7-3-2-4-8-20)27(29)21-13-15-22(28)16-14-21/h2-18H,1H3. The van der Waals surface area contributed by atoms with E-state index in [2.05, 4.69) is 0 Å². The van der Waals surface area contributed by atoms with Crippen molar-refractivity contribution in [3.05, 3.63) is 115 Å². The van der Waals surface area contributed by atoms with Gasteiger partial charge in [-0.15, -0.1) is 0 Å². The lowest BCUT2D eigenvalue weighted by Gasteiger charge is -2.14. The molecule has 4 aromatic carbocycles. The Balaban J connectivity index is 1.94. The average Bonchev–Trinajstić information content (AvgIpc) is 3.16. The summed E-state index contributed by atoms with van der Waals surface area (Å²) >= 11 is 0. The Labute approximate surface area is 186 Å². The van der Waals surface area contributed by atoms with Gasteiger partial charge >= 0.3 is 0 Å². The van der Waals surface area contributed by atoms with Crippen molar-refractivity contribution < 1.29 is 12.8 Å². The van der Waals surface area contributed by atoms with Crippen LogP contribution >= 0.6 is 0 Å². The normalized spacial score (nSPS) is 11.7. The zero-order valence-corrected chi connectivity index (χ0v) is 18.2. The Kier molecular flexibility index (Phi) is 4.91. The fourth-order valence-corrected chi connectivity index (χ4v) is 5.59. The number of aromatic nitrogens is 1. The third-order valence-electron chi connectivity index (χ3n) is 5.57. The Hall–Kier alpha value is -3.70. The molecule has 158 valence electrons. The molecule has 3 nitrogen and oxygen atoms in total. The number of benzene rings is 4. The van der Waals surface area contributed by atoms with E-state index < -0.39 is 10.0 Å². The molecule has 0 saturated heterocycles. The lowest BCUT2D eigenvalue weighted by molar-refractivity contribution is 0.589.